The second kappa shape index (κ2) is 7.77. The molecule has 0 bridgehead atoms. The fourth-order valence-electron chi connectivity index (χ4n) is 3.35. The molecule has 10 heteroatoms. The summed E-state index contributed by atoms with van der Waals surface area (Å²) in [4.78, 5) is 17.1. The Balaban J connectivity index is 1.57. The van der Waals surface area contributed by atoms with Gasteiger partial charge in [-0.15, -0.1) is 15.3 Å². The Bertz CT molecular complexity index is 974. The maximum absolute atomic E-state index is 12.6. The van der Waals surface area contributed by atoms with Crippen LogP contribution in [0.4, 0.5) is 5.82 Å². The van der Waals surface area contributed by atoms with Gasteiger partial charge in [0.15, 0.2) is 5.82 Å². The molecule has 0 radical (unpaired) electrons. The predicted molar refractivity (Wildman–Crippen MR) is 102 cm³/mol. The molecule has 0 unspecified atom stereocenters. The van der Waals surface area contributed by atoms with E-state index in [4.69, 9.17) is 4.74 Å². The van der Waals surface area contributed by atoms with Gasteiger partial charge in [0.2, 0.25) is 5.88 Å². The molecule has 28 heavy (non-hydrogen) atoms. The first-order valence-electron chi connectivity index (χ1n) is 9.12. The first-order valence-corrected chi connectivity index (χ1v) is 9.12. The van der Waals surface area contributed by atoms with Gasteiger partial charge in [-0.3, -0.25) is 9.48 Å². The summed E-state index contributed by atoms with van der Waals surface area (Å²) in [6, 6.07) is 5.71. The van der Waals surface area contributed by atoms with Crippen molar-refractivity contribution < 1.29 is 9.53 Å². The summed E-state index contributed by atoms with van der Waals surface area (Å²) in [6.45, 7) is 1.91. The van der Waals surface area contributed by atoms with Gasteiger partial charge in [-0.1, -0.05) is 6.07 Å². The monoisotopic (exact) mass is 382 g/mol. The van der Waals surface area contributed by atoms with Crippen molar-refractivity contribution in [3.63, 3.8) is 0 Å². The standard InChI is InChI=1S/C18H22N8O2/c1-25-10-13(18(24-25)28-2)17(27)22-15-7-3-6-14(21-15)16-23-20-11-26(16)12-5-4-8-19-9-12/h3,6-7,10-12,19H,4-5,8-9H2,1-2H3,(H,21,22,27)/t12-/m1/s1. The highest BCUT2D eigenvalue weighted by molar-refractivity contribution is 6.05. The second-order valence-electron chi connectivity index (χ2n) is 6.65. The van der Waals surface area contributed by atoms with E-state index in [2.05, 4.69) is 30.9 Å². The molecule has 3 aromatic rings. The van der Waals surface area contributed by atoms with Gasteiger partial charge in [-0.05, 0) is 31.5 Å². The number of hydrogen-bond acceptors (Lipinski definition) is 7. The second-order valence-corrected chi connectivity index (χ2v) is 6.65. The van der Waals surface area contributed by atoms with Crippen molar-refractivity contribution >= 4 is 11.7 Å². The van der Waals surface area contributed by atoms with Gasteiger partial charge >= 0.3 is 0 Å². The SMILES string of the molecule is COc1nn(C)cc1C(=O)Nc1cccc(-c2nncn2[C@@H]2CCCNC2)n1. The molecule has 1 aliphatic heterocycles. The van der Waals surface area contributed by atoms with Crippen molar-refractivity contribution in [2.75, 3.05) is 25.5 Å². The van der Waals surface area contributed by atoms with Gasteiger partial charge < -0.3 is 19.9 Å². The summed E-state index contributed by atoms with van der Waals surface area (Å²) >= 11 is 0. The zero-order valence-electron chi connectivity index (χ0n) is 15.8. The number of piperidine rings is 1. The highest BCUT2D eigenvalue weighted by Crippen LogP contribution is 2.24. The number of ether oxygens (including phenoxy) is 1. The number of anilines is 1. The average Bonchev–Trinajstić information content (AvgIpc) is 3.35. The molecule has 1 amide bonds. The lowest BCUT2D eigenvalue weighted by atomic mass is 10.1. The van der Waals surface area contributed by atoms with Gasteiger partial charge in [0.1, 0.15) is 23.4 Å². The number of aromatic nitrogens is 6. The van der Waals surface area contributed by atoms with Crippen LogP contribution in [0.3, 0.4) is 0 Å². The van der Waals surface area contributed by atoms with Crippen LogP contribution >= 0.6 is 0 Å². The Morgan fingerprint density at radius 1 is 1.39 bits per heavy atom. The number of nitrogens with zero attached hydrogens (tertiary/aromatic N) is 6. The summed E-state index contributed by atoms with van der Waals surface area (Å²) in [7, 11) is 3.20. The Kier molecular flexibility index (Phi) is 5.02. The summed E-state index contributed by atoms with van der Waals surface area (Å²) < 4.78 is 8.72. The van der Waals surface area contributed by atoms with Crippen molar-refractivity contribution in [3.05, 3.63) is 36.3 Å². The molecule has 4 rings (SSSR count). The number of rotatable bonds is 5. The number of amides is 1. The predicted octanol–water partition coefficient (Wildman–Crippen LogP) is 1.26. The van der Waals surface area contributed by atoms with Crippen LogP contribution < -0.4 is 15.4 Å². The molecule has 146 valence electrons. The molecule has 2 N–H and O–H groups in total. The van der Waals surface area contributed by atoms with Gasteiger partial charge in [0.05, 0.1) is 7.11 Å². The van der Waals surface area contributed by atoms with Crippen LogP contribution in [0.15, 0.2) is 30.7 Å². The van der Waals surface area contributed by atoms with Crippen LogP contribution in [-0.4, -0.2) is 55.6 Å². The Morgan fingerprint density at radius 2 is 2.29 bits per heavy atom. The Labute approximate surface area is 161 Å². The average molecular weight is 382 g/mol. The first kappa shape index (κ1) is 18.1. The van der Waals surface area contributed by atoms with Gasteiger partial charge in [0.25, 0.3) is 5.91 Å². The van der Waals surface area contributed by atoms with Crippen molar-refractivity contribution in [2.24, 2.45) is 7.05 Å². The number of hydrogen-bond donors (Lipinski definition) is 2. The summed E-state index contributed by atoms with van der Waals surface area (Å²) in [5.74, 6) is 1.03. The Morgan fingerprint density at radius 3 is 3.07 bits per heavy atom. The third kappa shape index (κ3) is 3.58. The third-order valence-electron chi connectivity index (χ3n) is 4.69. The highest BCUT2D eigenvalue weighted by Gasteiger charge is 2.21. The van der Waals surface area contributed by atoms with Crippen molar-refractivity contribution in [1.29, 1.82) is 0 Å². The fourth-order valence-corrected chi connectivity index (χ4v) is 3.35. The fraction of sp³-hybridized carbons (Fsp3) is 0.389. The Hall–Kier alpha value is -3.27. The molecule has 0 saturated carbocycles. The van der Waals surface area contributed by atoms with Crippen LogP contribution in [0.5, 0.6) is 5.88 Å². The molecular weight excluding hydrogens is 360 g/mol. The van der Waals surface area contributed by atoms with E-state index in [1.807, 2.05) is 16.7 Å². The number of carbonyl (C=O) groups excluding carboxylic acids is 1. The maximum Gasteiger partial charge on any atom is 0.263 e. The molecule has 0 aliphatic carbocycles. The largest absolute Gasteiger partial charge is 0.479 e. The molecule has 1 fully saturated rings. The van der Waals surface area contributed by atoms with Gasteiger partial charge in [-0.2, -0.15) is 0 Å². The van der Waals surface area contributed by atoms with E-state index in [1.165, 1.54) is 11.8 Å². The number of pyridine rings is 1. The first-order chi connectivity index (χ1) is 13.7. The van der Waals surface area contributed by atoms with E-state index in [9.17, 15) is 4.79 Å². The van der Waals surface area contributed by atoms with Crippen LogP contribution in [0.2, 0.25) is 0 Å². The highest BCUT2D eigenvalue weighted by atomic mass is 16.5. The van der Waals surface area contributed by atoms with Crippen LogP contribution in [0.1, 0.15) is 29.2 Å². The molecule has 0 aromatic carbocycles. The van der Waals surface area contributed by atoms with Crippen LogP contribution in [-0.2, 0) is 7.05 Å². The third-order valence-corrected chi connectivity index (χ3v) is 4.69. The van der Waals surface area contributed by atoms with E-state index in [1.54, 1.807) is 25.6 Å². The number of carbonyl (C=O) groups is 1. The normalized spacial score (nSPS) is 16.7. The molecule has 4 heterocycles. The molecule has 0 spiro atoms. The van der Waals surface area contributed by atoms with Crippen LogP contribution in [0.25, 0.3) is 11.5 Å². The minimum absolute atomic E-state index is 0.265. The van der Waals surface area contributed by atoms with Crippen molar-refractivity contribution in [2.45, 2.75) is 18.9 Å². The van der Waals surface area contributed by atoms with E-state index in [0.29, 0.717) is 28.9 Å². The smallest absolute Gasteiger partial charge is 0.263 e. The van der Waals surface area contributed by atoms with Crippen molar-refractivity contribution in [3.8, 4) is 17.4 Å². The number of nitrogens with one attached hydrogen (secondary N) is 2. The minimum Gasteiger partial charge on any atom is -0.479 e. The van der Waals surface area contributed by atoms with Gasteiger partial charge in [0, 0.05) is 25.8 Å². The zero-order chi connectivity index (χ0) is 19.5. The van der Waals surface area contributed by atoms with E-state index < -0.39 is 0 Å². The lowest BCUT2D eigenvalue weighted by molar-refractivity contribution is 0.102. The molecule has 1 saturated heterocycles. The van der Waals surface area contributed by atoms with Gasteiger partial charge in [-0.25, -0.2) is 4.98 Å². The van der Waals surface area contributed by atoms with E-state index >= 15 is 0 Å². The number of methoxy groups -OCH3 is 1. The number of aryl methyl sites for hydroxylation is 1. The van der Waals surface area contributed by atoms with E-state index in [-0.39, 0.29) is 11.8 Å². The summed E-state index contributed by atoms with van der Waals surface area (Å²) in [5.41, 5.74) is 0.993. The molecule has 1 aliphatic rings. The molecular formula is C18H22N8O2. The lowest BCUT2D eigenvalue weighted by Crippen LogP contribution is -2.31. The topological polar surface area (TPSA) is 112 Å². The minimum atomic E-state index is -0.340. The van der Waals surface area contributed by atoms with Crippen LogP contribution in [0, 0.1) is 0 Å². The van der Waals surface area contributed by atoms with E-state index in [0.717, 1.165) is 25.9 Å². The zero-order valence-corrected chi connectivity index (χ0v) is 15.8. The summed E-state index contributed by atoms with van der Waals surface area (Å²) in [6.07, 6.45) is 5.51. The quantitative estimate of drug-likeness (QED) is 0.683. The lowest BCUT2D eigenvalue weighted by Gasteiger charge is -2.24. The maximum atomic E-state index is 12.6. The molecule has 10 nitrogen and oxygen atoms in total. The molecule has 1 atom stereocenters. The molecule has 3 aromatic heterocycles. The van der Waals surface area contributed by atoms with Crippen molar-refractivity contribution in [1.82, 2.24) is 34.8 Å². The summed E-state index contributed by atoms with van der Waals surface area (Å²) in [5, 5.41) is 18.6.